The Morgan fingerprint density at radius 3 is 2.00 bits per heavy atom. The van der Waals surface area contributed by atoms with E-state index in [2.05, 4.69) is 0 Å². The number of hydrogen-bond donors (Lipinski definition) is 2. The molecular formula is C3H9N2O. The number of nitrogens with two attached hydrogens (primary N) is 2. The average molecular weight is 89.1 g/mol. The van der Waals surface area contributed by atoms with Crippen LogP contribution in [0.1, 0.15) is 6.92 Å². The first-order chi connectivity index (χ1) is 2.56. The lowest BCUT2D eigenvalue weighted by Crippen LogP contribution is -2.41. The van der Waals surface area contributed by atoms with Gasteiger partial charge in [0.2, 0.25) is 0 Å². The van der Waals surface area contributed by atoms with Gasteiger partial charge in [0, 0.05) is 6.54 Å². The highest BCUT2D eigenvalue weighted by Crippen LogP contribution is 1.84. The van der Waals surface area contributed by atoms with Crippen LogP contribution in [0, 0.1) is 0 Å². The van der Waals surface area contributed by atoms with Crippen molar-refractivity contribution in [3.63, 3.8) is 0 Å². The molecule has 0 rings (SSSR count). The van der Waals surface area contributed by atoms with Crippen molar-refractivity contribution in [3.05, 3.63) is 0 Å². The maximum Gasteiger partial charge on any atom is 0.161 e. The molecule has 37 valence electrons. The molecule has 3 heteroatoms. The normalized spacial score (nSPS) is 20.0. The van der Waals surface area contributed by atoms with Gasteiger partial charge in [-0.2, -0.15) is 0 Å². The molecule has 0 saturated heterocycles. The Morgan fingerprint density at radius 2 is 2.00 bits per heavy atom. The van der Waals surface area contributed by atoms with Crippen LogP contribution in [0.4, 0.5) is 0 Å². The van der Waals surface area contributed by atoms with Crippen molar-refractivity contribution < 1.29 is 5.11 Å². The molecule has 0 aromatic carbocycles. The second-order valence-corrected chi connectivity index (χ2v) is 1.52. The lowest BCUT2D eigenvalue weighted by Gasteiger charge is -2.07. The van der Waals surface area contributed by atoms with Gasteiger partial charge in [0.25, 0.3) is 0 Å². The minimum atomic E-state index is -1.43. The lowest BCUT2D eigenvalue weighted by atomic mass is 10.3. The van der Waals surface area contributed by atoms with Crippen LogP contribution >= 0.6 is 0 Å². The summed E-state index contributed by atoms with van der Waals surface area (Å²) in [5, 5.41) is 10.1. The molecule has 4 N–H and O–H groups in total. The Bertz CT molecular complexity index is 38.5. The van der Waals surface area contributed by atoms with E-state index in [-0.39, 0.29) is 6.54 Å². The van der Waals surface area contributed by atoms with Crippen LogP contribution in [-0.4, -0.2) is 12.3 Å². The first kappa shape index (κ1) is 5.88. The van der Waals surface area contributed by atoms with E-state index in [0.717, 1.165) is 0 Å². The summed E-state index contributed by atoms with van der Waals surface area (Å²) in [6.07, 6.45) is 0. The van der Waals surface area contributed by atoms with Gasteiger partial charge < -0.3 is 11.5 Å². The largest absolute Gasteiger partial charge is 0.327 e. The third-order valence-electron chi connectivity index (χ3n) is 0.405. The summed E-state index contributed by atoms with van der Waals surface area (Å²) in [4.78, 5) is 0. The molecule has 3 nitrogen and oxygen atoms in total. The lowest BCUT2D eigenvalue weighted by molar-refractivity contribution is 0.00116. The van der Waals surface area contributed by atoms with Crippen LogP contribution in [0.5, 0.6) is 0 Å². The molecule has 1 radical (unpaired) electrons. The summed E-state index contributed by atoms with van der Waals surface area (Å²) in [7, 11) is 0. The summed E-state index contributed by atoms with van der Waals surface area (Å²) in [5.74, 6) is 0. The van der Waals surface area contributed by atoms with Crippen LogP contribution in [-0.2, 0) is 5.11 Å². The fourth-order valence-corrected chi connectivity index (χ4v) is 0. The van der Waals surface area contributed by atoms with Crippen molar-refractivity contribution in [2.24, 2.45) is 11.5 Å². The maximum absolute atomic E-state index is 10.1. The highest BCUT2D eigenvalue weighted by molar-refractivity contribution is 4.60. The molecule has 1 atom stereocenters. The second kappa shape index (κ2) is 1.55. The van der Waals surface area contributed by atoms with Gasteiger partial charge >= 0.3 is 0 Å². The Kier molecular flexibility index (Phi) is 1.52. The highest BCUT2D eigenvalue weighted by Gasteiger charge is 2.10. The van der Waals surface area contributed by atoms with Gasteiger partial charge in [0.1, 0.15) is 0 Å². The van der Waals surface area contributed by atoms with Crippen LogP contribution in [0.3, 0.4) is 0 Å². The van der Waals surface area contributed by atoms with E-state index in [0.29, 0.717) is 0 Å². The van der Waals surface area contributed by atoms with Crippen LogP contribution < -0.4 is 11.5 Å². The fourth-order valence-electron chi connectivity index (χ4n) is 0. The predicted octanol–water partition coefficient (Wildman–Crippen LogP) is -0.949. The van der Waals surface area contributed by atoms with Gasteiger partial charge in [-0.15, -0.1) is 0 Å². The molecule has 0 aromatic rings. The molecule has 0 aliphatic carbocycles. The molecule has 0 bridgehead atoms. The van der Waals surface area contributed by atoms with Crippen molar-refractivity contribution in [2.45, 2.75) is 12.6 Å². The summed E-state index contributed by atoms with van der Waals surface area (Å²) in [5.41, 5.74) is 8.29. The van der Waals surface area contributed by atoms with Gasteiger partial charge in [-0.1, -0.05) is 0 Å². The SMILES string of the molecule is CC(N)([O])CN. The number of rotatable bonds is 1. The summed E-state index contributed by atoms with van der Waals surface area (Å²) in [6.45, 7) is 1.33. The Balaban J connectivity index is 3.17. The zero-order valence-electron chi connectivity index (χ0n) is 3.77. The molecule has 0 heterocycles. The smallest absolute Gasteiger partial charge is 0.161 e. The molecular weight excluding hydrogens is 80.0 g/mol. The van der Waals surface area contributed by atoms with Crippen molar-refractivity contribution >= 4 is 0 Å². The zero-order chi connectivity index (χ0) is 5.21. The zero-order valence-corrected chi connectivity index (χ0v) is 3.77. The van der Waals surface area contributed by atoms with Gasteiger partial charge in [-0.3, -0.25) is 0 Å². The van der Waals surface area contributed by atoms with Gasteiger partial charge in [0.15, 0.2) is 5.72 Å². The van der Waals surface area contributed by atoms with Crippen molar-refractivity contribution in [1.82, 2.24) is 0 Å². The molecule has 0 aliphatic heterocycles. The fraction of sp³-hybridized carbons (Fsp3) is 1.00. The highest BCUT2D eigenvalue weighted by atomic mass is 16.3. The van der Waals surface area contributed by atoms with Crippen molar-refractivity contribution in [2.75, 3.05) is 6.54 Å². The third-order valence-corrected chi connectivity index (χ3v) is 0.405. The van der Waals surface area contributed by atoms with Gasteiger partial charge in [-0.25, -0.2) is 5.11 Å². The van der Waals surface area contributed by atoms with E-state index >= 15 is 0 Å². The van der Waals surface area contributed by atoms with E-state index in [1.54, 1.807) is 0 Å². The van der Waals surface area contributed by atoms with Gasteiger partial charge in [-0.05, 0) is 6.92 Å². The van der Waals surface area contributed by atoms with E-state index in [4.69, 9.17) is 11.5 Å². The van der Waals surface area contributed by atoms with E-state index in [1.807, 2.05) is 0 Å². The second-order valence-electron chi connectivity index (χ2n) is 1.52. The topological polar surface area (TPSA) is 71.9 Å². The molecule has 0 spiro atoms. The van der Waals surface area contributed by atoms with Crippen LogP contribution in [0.15, 0.2) is 0 Å². The first-order valence-corrected chi connectivity index (χ1v) is 1.75. The van der Waals surface area contributed by atoms with Crippen LogP contribution in [0.25, 0.3) is 0 Å². The minimum absolute atomic E-state index is 0.00694. The predicted molar refractivity (Wildman–Crippen MR) is 22.3 cm³/mol. The molecule has 0 amide bonds. The standard InChI is InChI=1S/C3H9N2O/c1-3(5,6)2-4/h2,4-5H2,1H3. The molecule has 0 fully saturated rings. The Labute approximate surface area is 36.9 Å². The number of hydrogen-bond acceptors (Lipinski definition) is 2. The summed E-state index contributed by atoms with van der Waals surface area (Å²) in [6, 6.07) is 0. The third kappa shape index (κ3) is 3.88. The molecule has 1 unspecified atom stereocenters. The Hall–Kier alpha value is -0.120. The molecule has 0 aromatic heterocycles. The van der Waals surface area contributed by atoms with Crippen LogP contribution in [0.2, 0.25) is 0 Å². The average Bonchev–Trinajstić information content (AvgIpc) is 1.35. The van der Waals surface area contributed by atoms with Gasteiger partial charge in [0.05, 0.1) is 0 Å². The minimum Gasteiger partial charge on any atom is -0.327 e. The monoisotopic (exact) mass is 89.1 g/mol. The van der Waals surface area contributed by atoms with E-state index < -0.39 is 5.72 Å². The Morgan fingerprint density at radius 1 is 1.83 bits per heavy atom. The first-order valence-electron chi connectivity index (χ1n) is 1.75. The van der Waals surface area contributed by atoms with E-state index in [9.17, 15) is 5.11 Å². The quantitative estimate of drug-likeness (QED) is 0.406. The van der Waals surface area contributed by atoms with E-state index in [1.165, 1.54) is 6.92 Å². The molecule has 6 heavy (non-hydrogen) atoms. The van der Waals surface area contributed by atoms with Crippen molar-refractivity contribution in [3.8, 4) is 0 Å². The maximum atomic E-state index is 10.1. The summed E-state index contributed by atoms with van der Waals surface area (Å²) < 4.78 is 0. The molecule has 0 saturated carbocycles. The summed E-state index contributed by atoms with van der Waals surface area (Å²) >= 11 is 0. The van der Waals surface area contributed by atoms with Crippen molar-refractivity contribution in [1.29, 1.82) is 0 Å². The molecule has 0 aliphatic rings.